The van der Waals surface area contributed by atoms with Crippen molar-refractivity contribution >= 4 is 22.9 Å². The zero-order valence-electron chi connectivity index (χ0n) is 11.8. The molecule has 0 aliphatic rings. The third-order valence-corrected chi connectivity index (χ3v) is 4.29. The van der Waals surface area contributed by atoms with Gasteiger partial charge in [-0.1, -0.05) is 6.92 Å². The first-order valence-corrected chi connectivity index (χ1v) is 7.89. The lowest BCUT2D eigenvalue weighted by molar-refractivity contribution is 0.189. The second kappa shape index (κ2) is 8.10. The molecule has 3 nitrogen and oxygen atoms in total. The van der Waals surface area contributed by atoms with Crippen LogP contribution in [0, 0.1) is 0 Å². The van der Waals surface area contributed by atoms with E-state index in [1.54, 1.807) is 11.3 Å². The van der Waals surface area contributed by atoms with Gasteiger partial charge < -0.3 is 4.90 Å². The van der Waals surface area contributed by atoms with Gasteiger partial charge in [0.05, 0.1) is 17.6 Å². The molecule has 0 N–H and O–H groups in total. The van der Waals surface area contributed by atoms with Crippen molar-refractivity contribution in [1.82, 2.24) is 14.8 Å². The van der Waals surface area contributed by atoms with E-state index < -0.39 is 0 Å². The third-order valence-electron chi connectivity index (χ3n) is 2.96. The van der Waals surface area contributed by atoms with Crippen LogP contribution in [0.25, 0.3) is 0 Å². The van der Waals surface area contributed by atoms with Gasteiger partial charge in [-0.25, -0.2) is 4.98 Å². The Morgan fingerprint density at radius 1 is 1.33 bits per heavy atom. The maximum Gasteiger partial charge on any atom is 0.110 e. The Bertz CT molecular complexity index is 341. The molecule has 1 aromatic heterocycles. The van der Waals surface area contributed by atoms with E-state index in [2.05, 4.69) is 48.1 Å². The summed E-state index contributed by atoms with van der Waals surface area (Å²) < 4.78 is 0. The summed E-state index contributed by atoms with van der Waals surface area (Å²) in [5, 5.41) is 3.24. The van der Waals surface area contributed by atoms with Crippen molar-refractivity contribution in [1.29, 1.82) is 0 Å². The highest BCUT2D eigenvalue weighted by molar-refractivity contribution is 7.09. The monoisotopic (exact) mass is 289 g/mol. The van der Waals surface area contributed by atoms with E-state index in [-0.39, 0.29) is 0 Å². The van der Waals surface area contributed by atoms with E-state index in [4.69, 9.17) is 11.6 Å². The summed E-state index contributed by atoms with van der Waals surface area (Å²) in [7, 11) is 4.23. The second-order valence-electron chi connectivity index (χ2n) is 4.83. The molecule has 1 aromatic rings. The molecule has 1 atom stereocenters. The minimum Gasteiger partial charge on any atom is -0.308 e. The molecule has 0 aliphatic heterocycles. The predicted molar refractivity (Wildman–Crippen MR) is 80.5 cm³/mol. The number of alkyl halides is 1. The van der Waals surface area contributed by atoms with E-state index in [1.165, 1.54) is 11.4 Å². The molecule has 1 rings (SSSR count). The number of rotatable bonds is 8. The Morgan fingerprint density at radius 2 is 2.06 bits per heavy atom. The van der Waals surface area contributed by atoms with Crippen molar-refractivity contribution in [2.75, 3.05) is 33.7 Å². The number of hydrogen-bond acceptors (Lipinski definition) is 4. The molecule has 0 radical (unpaired) electrons. The van der Waals surface area contributed by atoms with E-state index >= 15 is 0 Å². The summed E-state index contributed by atoms with van der Waals surface area (Å²) in [6.45, 7) is 7.74. The van der Waals surface area contributed by atoms with Crippen LogP contribution in [-0.4, -0.2) is 48.5 Å². The van der Waals surface area contributed by atoms with Gasteiger partial charge in [-0.2, -0.15) is 0 Å². The average Bonchev–Trinajstić information content (AvgIpc) is 2.82. The number of thiazole rings is 1. The van der Waals surface area contributed by atoms with E-state index in [1.807, 2.05) is 0 Å². The Balaban J connectivity index is 2.65. The lowest BCUT2D eigenvalue weighted by Crippen LogP contribution is -2.34. The van der Waals surface area contributed by atoms with Crippen molar-refractivity contribution in [3.05, 3.63) is 16.1 Å². The van der Waals surface area contributed by atoms with Gasteiger partial charge in [-0.05, 0) is 34.0 Å². The van der Waals surface area contributed by atoms with Crippen molar-refractivity contribution in [3.63, 3.8) is 0 Å². The number of hydrogen-bond donors (Lipinski definition) is 0. The molecule has 0 amide bonds. The number of halogens is 1. The van der Waals surface area contributed by atoms with Crippen LogP contribution in [0.4, 0.5) is 0 Å². The highest BCUT2D eigenvalue weighted by atomic mass is 35.5. The quantitative estimate of drug-likeness (QED) is 0.685. The van der Waals surface area contributed by atoms with Gasteiger partial charge in [0.2, 0.25) is 0 Å². The maximum atomic E-state index is 5.81. The van der Waals surface area contributed by atoms with Crippen LogP contribution in [0.3, 0.4) is 0 Å². The number of aromatic nitrogens is 1. The topological polar surface area (TPSA) is 19.4 Å². The van der Waals surface area contributed by atoms with Crippen LogP contribution < -0.4 is 0 Å². The molecule has 1 heterocycles. The fourth-order valence-corrected chi connectivity index (χ4v) is 2.98. The first kappa shape index (κ1) is 15.9. The van der Waals surface area contributed by atoms with E-state index in [0.29, 0.717) is 11.9 Å². The molecular weight excluding hydrogens is 266 g/mol. The Morgan fingerprint density at radius 3 is 2.56 bits per heavy atom. The SMILES string of the molecule is CCCN(CCN(C)C)C(C)c1nc(CCl)cs1. The minimum atomic E-state index is 0.381. The molecule has 18 heavy (non-hydrogen) atoms. The Kier molecular flexibility index (Phi) is 7.15. The first-order valence-electron chi connectivity index (χ1n) is 6.47. The molecule has 0 saturated carbocycles. The Hall–Kier alpha value is -0.160. The smallest absolute Gasteiger partial charge is 0.110 e. The predicted octanol–water partition coefficient (Wildman–Crippen LogP) is 3.22. The van der Waals surface area contributed by atoms with Crippen LogP contribution in [0.2, 0.25) is 0 Å². The van der Waals surface area contributed by atoms with Gasteiger partial charge in [-0.15, -0.1) is 22.9 Å². The van der Waals surface area contributed by atoms with Gasteiger partial charge in [0.25, 0.3) is 0 Å². The maximum absolute atomic E-state index is 5.81. The van der Waals surface area contributed by atoms with Crippen LogP contribution in [0.15, 0.2) is 5.38 Å². The highest BCUT2D eigenvalue weighted by Crippen LogP contribution is 2.24. The van der Waals surface area contributed by atoms with Crippen LogP contribution in [-0.2, 0) is 5.88 Å². The van der Waals surface area contributed by atoms with Gasteiger partial charge >= 0.3 is 0 Å². The lowest BCUT2D eigenvalue weighted by atomic mass is 10.2. The van der Waals surface area contributed by atoms with Crippen molar-refractivity contribution < 1.29 is 0 Å². The summed E-state index contributed by atoms with van der Waals surface area (Å²) >= 11 is 7.53. The molecule has 0 spiro atoms. The summed E-state index contributed by atoms with van der Waals surface area (Å²) in [5.74, 6) is 0.509. The molecule has 0 saturated heterocycles. The summed E-state index contributed by atoms with van der Waals surface area (Å²) in [5.41, 5.74) is 0.993. The number of likely N-dealkylation sites (N-methyl/N-ethyl adjacent to an activating group) is 1. The molecule has 1 unspecified atom stereocenters. The molecule has 0 fully saturated rings. The van der Waals surface area contributed by atoms with Crippen LogP contribution in [0.5, 0.6) is 0 Å². The lowest BCUT2D eigenvalue weighted by Gasteiger charge is -2.28. The fraction of sp³-hybridized carbons (Fsp3) is 0.769. The van der Waals surface area contributed by atoms with E-state index in [0.717, 1.165) is 25.3 Å². The fourth-order valence-electron chi connectivity index (χ4n) is 1.85. The van der Waals surface area contributed by atoms with Crippen LogP contribution >= 0.6 is 22.9 Å². The van der Waals surface area contributed by atoms with Gasteiger partial charge in [0.15, 0.2) is 0 Å². The van der Waals surface area contributed by atoms with Gasteiger partial charge in [0.1, 0.15) is 5.01 Å². The normalized spacial score (nSPS) is 13.5. The molecule has 104 valence electrons. The summed E-state index contributed by atoms with van der Waals surface area (Å²) in [4.78, 5) is 9.31. The third kappa shape index (κ3) is 4.84. The largest absolute Gasteiger partial charge is 0.308 e. The minimum absolute atomic E-state index is 0.381. The van der Waals surface area contributed by atoms with Crippen molar-refractivity contribution in [2.24, 2.45) is 0 Å². The second-order valence-corrected chi connectivity index (χ2v) is 5.98. The molecule has 5 heteroatoms. The van der Waals surface area contributed by atoms with E-state index in [9.17, 15) is 0 Å². The summed E-state index contributed by atoms with van der Waals surface area (Å²) in [6, 6.07) is 0.381. The standard InChI is InChI=1S/C13H24ClN3S/c1-5-6-17(8-7-16(3)4)11(2)13-15-12(9-14)10-18-13/h10-11H,5-9H2,1-4H3. The van der Waals surface area contributed by atoms with Gasteiger partial charge in [0, 0.05) is 18.5 Å². The van der Waals surface area contributed by atoms with Gasteiger partial charge in [-0.3, -0.25) is 4.90 Å². The first-order chi connectivity index (χ1) is 8.58. The zero-order chi connectivity index (χ0) is 13.5. The molecule has 0 aliphatic carbocycles. The molecular formula is C13H24ClN3S. The molecule has 0 aromatic carbocycles. The zero-order valence-corrected chi connectivity index (χ0v) is 13.4. The average molecular weight is 290 g/mol. The van der Waals surface area contributed by atoms with Crippen molar-refractivity contribution in [2.45, 2.75) is 32.2 Å². The van der Waals surface area contributed by atoms with Crippen molar-refractivity contribution in [3.8, 4) is 0 Å². The van der Waals surface area contributed by atoms with Crippen LogP contribution in [0.1, 0.15) is 37.0 Å². The Labute approximate surface area is 120 Å². The molecule has 0 bridgehead atoms. The highest BCUT2D eigenvalue weighted by Gasteiger charge is 2.18. The summed E-state index contributed by atoms with van der Waals surface area (Å²) in [6.07, 6.45) is 1.17. The number of nitrogens with zero attached hydrogens (tertiary/aromatic N) is 3.